The standard InChI is InChI=1S/C17H22N2O/c1-12-6-4-7-13(2)17(12)16(19-18)11-14-8-5-9-15(10-14)20-3/h4-10,16,19H,11,18H2,1-3H3. The van der Waals surface area contributed by atoms with Crippen LogP contribution in [0.1, 0.15) is 28.3 Å². The molecule has 2 aromatic rings. The summed E-state index contributed by atoms with van der Waals surface area (Å²) in [4.78, 5) is 0. The third-order valence-corrected chi connectivity index (χ3v) is 3.67. The fraction of sp³-hybridized carbons (Fsp3) is 0.294. The average Bonchev–Trinajstić information content (AvgIpc) is 2.46. The van der Waals surface area contributed by atoms with Gasteiger partial charge in [-0.25, -0.2) is 0 Å². The lowest BCUT2D eigenvalue weighted by atomic mass is 9.92. The monoisotopic (exact) mass is 270 g/mol. The Morgan fingerprint density at radius 1 is 1.10 bits per heavy atom. The molecular weight excluding hydrogens is 248 g/mol. The fourth-order valence-corrected chi connectivity index (χ4v) is 2.66. The van der Waals surface area contributed by atoms with Crippen LogP contribution in [0.4, 0.5) is 0 Å². The molecule has 2 aromatic carbocycles. The summed E-state index contributed by atoms with van der Waals surface area (Å²) >= 11 is 0. The topological polar surface area (TPSA) is 47.3 Å². The van der Waals surface area contributed by atoms with Crippen LogP contribution in [-0.4, -0.2) is 7.11 Å². The lowest BCUT2D eigenvalue weighted by molar-refractivity contribution is 0.414. The van der Waals surface area contributed by atoms with E-state index in [0.717, 1.165) is 12.2 Å². The van der Waals surface area contributed by atoms with Crippen LogP contribution >= 0.6 is 0 Å². The van der Waals surface area contributed by atoms with Gasteiger partial charge in [0.1, 0.15) is 5.75 Å². The Morgan fingerprint density at radius 2 is 1.75 bits per heavy atom. The Morgan fingerprint density at radius 3 is 2.35 bits per heavy atom. The number of rotatable bonds is 5. The van der Waals surface area contributed by atoms with Gasteiger partial charge in [0.15, 0.2) is 0 Å². The van der Waals surface area contributed by atoms with Crippen LogP contribution < -0.4 is 16.0 Å². The number of aryl methyl sites for hydroxylation is 2. The van der Waals surface area contributed by atoms with Gasteiger partial charge in [-0.3, -0.25) is 11.3 Å². The molecule has 0 amide bonds. The highest BCUT2D eigenvalue weighted by Crippen LogP contribution is 2.25. The highest BCUT2D eigenvalue weighted by molar-refractivity contribution is 5.38. The van der Waals surface area contributed by atoms with Gasteiger partial charge in [0, 0.05) is 0 Å². The second kappa shape index (κ2) is 6.55. The molecule has 0 bridgehead atoms. The van der Waals surface area contributed by atoms with Gasteiger partial charge in [0.05, 0.1) is 13.2 Å². The molecule has 0 saturated carbocycles. The van der Waals surface area contributed by atoms with E-state index in [-0.39, 0.29) is 6.04 Å². The molecule has 3 N–H and O–H groups in total. The van der Waals surface area contributed by atoms with Crippen molar-refractivity contribution >= 4 is 0 Å². The molecule has 0 fully saturated rings. The SMILES string of the molecule is COc1cccc(CC(NN)c2c(C)cccc2C)c1. The largest absolute Gasteiger partial charge is 0.497 e. The van der Waals surface area contributed by atoms with E-state index in [1.165, 1.54) is 22.3 Å². The molecule has 0 aliphatic heterocycles. The number of hydrogen-bond acceptors (Lipinski definition) is 3. The van der Waals surface area contributed by atoms with Gasteiger partial charge < -0.3 is 4.74 Å². The van der Waals surface area contributed by atoms with Crippen LogP contribution in [0, 0.1) is 13.8 Å². The first-order valence-corrected chi connectivity index (χ1v) is 6.81. The zero-order chi connectivity index (χ0) is 14.5. The van der Waals surface area contributed by atoms with Crippen molar-refractivity contribution in [3.05, 3.63) is 64.7 Å². The summed E-state index contributed by atoms with van der Waals surface area (Å²) in [5.74, 6) is 6.65. The number of nitrogens with two attached hydrogens (primary N) is 1. The predicted octanol–water partition coefficient (Wildman–Crippen LogP) is 3.06. The third kappa shape index (κ3) is 3.18. The fourth-order valence-electron chi connectivity index (χ4n) is 2.66. The normalized spacial score (nSPS) is 12.2. The smallest absolute Gasteiger partial charge is 0.119 e. The zero-order valence-electron chi connectivity index (χ0n) is 12.3. The minimum Gasteiger partial charge on any atom is -0.497 e. The minimum atomic E-state index is 0.100. The predicted molar refractivity (Wildman–Crippen MR) is 82.7 cm³/mol. The Balaban J connectivity index is 2.29. The van der Waals surface area contributed by atoms with Crippen molar-refractivity contribution in [1.82, 2.24) is 5.43 Å². The van der Waals surface area contributed by atoms with Crippen LogP contribution in [0.25, 0.3) is 0 Å². The lowest BCUT2D eigenvalue weighted by Gasteiger charge is -2.21. The maximum atomic E-state index is 5.78. The summed E-state index contributed by atoms with van der Waals surface area (Å²) in [6.07, 6.45) is 0.833. The van der Waals surface area contributed by atoms with E-state index in [0.29, 0.717) is 0 Å². The van der Waals surface area contributed by atoms with E-state index in [9.17, 15) is 0 Å². The van der Waals surface area contributed by atoms with E-state index in [1.807, 2.05) is 12.1 Å². The second-order valence-corrected chi connectivity index (χ2v) is 5.08. The summed E-state index contributed by atoms with van der Waals surface area (Å²) in [5.41, 5.74) is 7.94. The minimum absolute atomic E-state index is 0.100. The number of methoxy groups -OCH3 is 1. The van der Waals surface area contributed by atoms with Crippen molar-refractivity contribution in [2.75, 3.05) is 7.11 Å². The van der Waals surface area contributed by atoms with Crippen LogP contribution in [0.15, 0.2) is 42.5 Å². The summed E-state index contributed by atoms with van der Waals surface area (Å²) in [6, 6.07) is 14.5. The molecule has 3 heteroatoms. The van der Waals surface area contributed by atoms with Crippen molar-refractivity contribution in [3.63, 3.8) is 0 Å². The van der Waals surface area contributed by atoms with E-state index in [2.05, 4.69) is 49.6 Å². The number of nitrogens with one attached hydrogen (secondary N) is 1. The van der Waals surface area contributed by atoms with Gasteiger partial charge in [0.2, 0.25) is 0 Å². The number of hydrazine groups is 1. The number of hydrogen-bond donors (Lipinski definition) is 2. The van der Waals surface area contributed by atoms with E-state index in [1.54, 1.807) is 7.11 Å². The Bertz CT molecular complexity index is 561. The number of benzene rings is 2. The first-order valence-electron chi connectivity index (χ1n) is 6.81. The van der Waals surface area contributed by atoms with Gasteiger partial charge >= 0.3 is 0 Å². The van der Waals surface area contributed by atoms with Crippen molar-refractivity contribution in [1.29, 1.82) is 0 Å². The molecule has 1 unspecified atom stereocenters. The highest BCUT2D eigenvalue weighted by atomic mass is 16.5. The number of ether oxygens (including phenoxy) is 1. The zero-order valence-corrected chi connectivity index (χ0v) is 12.3. The molecule has 0 spiro atoms. The van der Waals surface area contributed by atoms with Crippen LogP contribution in [0.2, 0.25) is 0 Å². The molecule has 20 heavy (non-hydrogen) atoms. The summed E-state index contributed by atoms with van der Waals surface area (Å²) in [5, 5.41) is 0. The van der Waals surface area contributed by atoms with E-state index < -0.39 is 0 Å². The summed E-state index contributed by atoms with van der Waals surface area (Å²) < 4.78 is 5.27. The maximum absolute atomic E-state index is 5.78. The van der Waals surface area contributed by atoms with E-state index >= 15 is 0 Å². The molecule has 3 nitrogen and oxygen atoms in total. The molecule has 2 rings (SSSR count). The molecular formula is C17H22N2O. The Hall–Kier alpha value is -1.84. The molecule has 1 atom stereocenters. The highest BCUT2D eigenvalue weighted by Gasteiger charge is 2.15. The molecule has 106 valence electrons. The van der Waals surface area contributed by atoms with E-state index in [4.69, 9.17) is 10.6 Å². The van der Waals surface area contributed by atoms with Gasteiger partial charge in [-0.2, -0.15) is 0 Å². The molecule has 0 radical (unpaired) electrons. The molecule has 0 aromatic heterocycles. The van der Waals surface area contributed by atoms with Crippen molar-refractivity contribution < 1.29 is 4.74 Å². The lowest BCUT2D eigenvalue weighted by Crippen LogP contribution is -2.30. The quantitative estimate of drug-likeness (QED) is 0.648. The first kappa shape index (κ1) is 14.6. The third-order valence-electron chi connectivity index (χ3n) is 3.67. The molecule has 0 heterocycles. The summed E-state index contributed by atoms with van der Waals surface area (Å²) in [6.45, 7) is 4.25. The van der Waals surface area contributed by atoms with Gasteiger partial charge in [-0.15, -0.1) is 0 Å². The average molecular weight is 270 g/mol. The first-order chi connectivity index (χ1) is 9.65. The van der Waals surface area contributed by atoms with Crippen molar-refractivity contribution in [2.24, 2.45) is 5.84 Å². The van der Waals surface area contributed by atoms with Crippen molar-refractivity contribution in [2.45, 2.75) is 26.3 Å². The van der Waals surface area contributed by atoms with Crippen LogP contribution in [0.5, 0.6) is 5.75 Å². The van der Waals surface area contributed by atoms with Crippen LogP contribution in [-0.2, 0) is 6.42 Å². The van der Waals surface area contributed by atoms with Crippen molar-refractivity contribution in [3.8, 4) is 5.75 Å². The van der Waals surface area contributed by atoms with Crippen LogP contribution in [0.3, 0.4) is 0 Å². The Labute approximate surface area is 120 Å². The molecule has 0 aliphatic rings. The van der Waals surface area contributed by atoms with Gasteiger partial charge in [0.25, 0.3) is 0 Å². The molecule has 0 aliphatic carbocycles. The molecule has 0 saturated heterocycles. The second-order valence-electron chi connectivity index (χ2n) is 5.08. The maximum Gasteiger partial charge on any atom is 0.119 e. The van der Waals surface area contributed by atoms with Gasteiger partial charge in [-0.1, -0.05) is 30.3 Å². The summed E-state index contributed by atoms with van der Waals surface area (Å²) in [7, 11) is 1.68. The Kier molecular flexibility index (Phi) is 4.77. The van der Waals surface area contributed by atoms with Gasteiger partial charge in [-0.05, 0) is 54.7 Å².